The Balaban J connectivity index is 0.00000275. The summed E-state index contributed by atoms with van der Waals surface area (Å²) in [7, 11) is 0. The van der Waals surface area contributed by atoms with Crippen molar-refractivity contribution in [3.05, 3.63) is 162 Å². The van der Waals surface area contributed by atoms with Gasteiger partial charge in [0.05, 0.1) is 0 Å². The molecule has 0 aliphatic heterocycles. The van der Waals surface area contributed by atoms with Crippen LogP contribution < -0.4 is 24.8 Å². The fourth-order valence-electron chi connectivity index (χ4n) is 8.65. The van der Waals surface area contributed by atoms with Gasteiger partial charge in [0, 0.05) is 0 Å². The minimum atomic E-state index is -1.18. The van der Waals surface area contributed by atoms with E-state index in [-0.39, 0.29) is 24.8 Å². The van der Waals surface area contributed by atoms with Crippen molar-refractivity contribution in [2.45, 2.75) is 99.2 Å². The van der Waals surface area contributed by atoms with Crippen LogP contribution in [0.2, 0.25) is 0 Å². The van der Waals surface area contributed by atoms with Crippen LogP contribution in [0.4, 0.5) is 0 Å². The topological polar surface area (TPSA) is 0 Å². The van der Waals surface area contributed by atoms with E-state index in [1.165, 1.54) is 128 Å². The molecule has 292 valence electrons. The Labute approximate surface area is 374 Å². The van der Waals surface area contributed by atoms with Crippen LogP contribution in [-0.4, -0.2) is 0 Å². The number of rotatable bonds is 16. The number of thiophene rings is 2. The molecule has 0 amide bonds. The molecule has 0 spiro atoms. The van der Waals surface area contributed by atoms with Crippen LogP contribution in [0.5, 0.6) is 0 Å². The Morgan fingerprint density at radius 3 is 1.26 bits per heavy atom. The van der Waals surface area contributed by atoms with Crippen molar-refractivity contribution in [2.75, 3.05) is 0 Å². The Bertz CT molecular complexity index is 2140. The van der Waals surface area contributed by atoms with E-state index < -0.39 is 23.2 Å². The molecule has 0 saturated heterocycles. The van der Waals surface area contributed by atoms with Crippen molar-refractivity contribution in [1.29, 1.82) is 0 Å². The number of unbranched alkanes of at least 4 members (excludes halogenated alkanes) is 6. The number of allylic oxidation sites excluding steroid dienone is 2. The van der Waals surface area contributed by atoms with Gasteiger partial charge in [0.25, 0.3) is 0 Å². The standard InChI is InChI=1S/2C26H27S.2ClH.Zr/c2*1-3-4-5-6-8-20-12-14-21(15-13-20)24-10-7-9-22-17-23(18-25(22)24)26-16-11-19(2)27-26;;;/h2*7,9-18H,3-6,8H2,1-2H3;2*1H;/q;;;;+2/p-2. The average Bonchev–Trinajstić information content (AvgIpc) is 4.01. The molecular formula is C52H54Cl2S2Zr. The predicted octanol–water partition coefficient (Wildman–Crippen LogP) is 9.99. The number of halogens is 2. The smallest absolute Gasteiger partial charge is 1.00 e. The summed E-state index contributed by atoms with van der Waals surface area (Å²) in [5.74, 6) is 0. The number of fused-ring (bicyclic) bond motifs is 2. The molecule has 57 heavy (non-hydrogen) atoms. The van der Waals surface area contributed by atoms with Crippen LogP contribution in [0.1, 0.15) is 125 Å². The van der Waals surface area contributed by atoms with Crippen molar-refractivity contribution in [3.8, 4) is 22.3 Å². The fraction of sp³-hybridized carbons (Fsp3) is 0.308. The molecule has 2 heterocycles. The van der Waals surface area contributed by atoms with Crippen molar-refractivity contribution >= 4 is 46.0 Å². The van der Waals surface area contributed by atoms with Crippen LogP contribution in [0, 0.1) is 13.8 Å². The predicted molar refractivity (Wildman–Crippen MR) is 239 cm³/mol. The summed E-state index contributed by atoms with van der Waals surface area (Å²) in [6.45, 7) is 9.10. The first-order valence-electron chi connectivity index (χ1n) is 20.8. The van der Waals surface area contributed by atoms with Gasteiger partial charge in [-0.05, 0) is 0 Å². The molecule has 4 aromatic carbocycles. The quantitative estimate of drug-likeness (QED) is 0.0850. The van der Waals surface area contributed by atoms with Gasteiger partial charge in [0.15, 0.2) is 0 Å². The monoisotopic (exact) mass is 902 g/mol. The first kappa shape index (κ1) is 43.8. The van der Waals surface area contributed by atoms with Crippen molar-refractivity contribution in [1.82, 2.24) is 0 Å². The first-order valence-corrected chi connectivity index (χ1v) is 25.2. The molecule has 0 nitrogen and oxygen atoms in total. The second kappa shape index (κ2) is 20.5. The molecule has 0 fully saturated rings. The number of benzene rings is 4. The van der Waals surface area contributed by atoms with E-state index in [0.717, 1.165) is 0 Å². The number of hydrogen-bond donors (Lipinski definition) is 0. The third kappa shape index (κ3) is 9.82. The summed E-state index contributed by atoms with van der Waals surface area (Å²) >= 11 is 2.76. The van der Waals surface area contributed by atoms with Gasteiger partial charge in [-0.2, -0.15) is 0 Å². The molecule has 6 aromatic rings. The summed E-state index contributed by atoms with van der Waals surface area (Å²) in [5.41, 5.74) is 17.5. The van der Waals surface area contributed by atoms with E-state index >= 15 is 0 Å². The van der Waals surface area contributed by atoms with Crippen LogP contribution in [0.15, 0.2) is 109 Å². The summed E-state index contributed by atoms with van der Waals surface area (Å²) < 4.78 is 0.955. The van der Waals surface area contributed by atoms with Gasteiger partial charge in [0.2, 0.25) is 0 Å². The molecule has 0 saturated carbocycles. The van der Waals surface area contributed by atoms with E-state index in [1.54, 1.807) is 22.3 Å². The van der Waals surface area contributed by atoms with Crippen LogP contribution in [0.25, 0.3) is 45.6 Å². The number of aryl methyl sites for hydroxylation is 4. The van der Waals surface area contributed by atoms with Gasteiger partial charge >= 0.3 is 326 Å². The third-order valence-corrected chi connectivity index (χ3v) is 18.5. The maximum absolute atomic E-state index is 2.59. The molecule has 2 aliphatic rings. The average molecular weight is 905 g/mol. The van der Waals surface area contributed by atoms with Gasteiger partial charge in [-0.15, -0.1) is 0 Å². The minimum Gasteiger partial charge on any atom is -1.00 e. The van der Waals surface area contributed by atoms with Crippen molar-refractivity contribution < 1.29 is 48.0 Å². The van der Waals surface area contributed by atoms with E-state index in [2.05, 4.69) is 149 Å². The molecule has 5 heteroatoms. The summed E-state index contributed by atoms with van der Waals surface area (Å²) in [5, 5.41) is 0. The Kier molecular flexibility index (Phi) is 15.7. The molecule has 2 atom stereocenters. The largest absolute Gasteiger partial charge is 1.00 e. The van der Waals surface area contributed by atoms with Gasteiger partial charge in [-0.3, -0.25) is 0 Å². The van der Waals surface area contributed by atoms with E-state index in [0.29, 0.717) is 7.25 Å². The summed E-state index contributed by atoms with van der Waals surface area (Å²) in [6, 6.07) is 42.8. The molecular weight excluding hydrogens is 851 g/mol. The maximum Gasteiger partial charge on any atom is -1.00 e. The van der Waals surface area contributed by atoms with Gasteiger partial charge in [-0.1, -0.05) is 26.7 Å². The summed E-state index contributed by atoms with van der Waals surface area (Å²) in [4.78, 5) is 5.69. The Hall–Kier alpha value is -2.78. The second-order valence-electron chi connectivity index (χ2n) is 15.7. The molecule has 2 unspecified atom stereocenters. The van der Waals surface area contributed by atoms with Crippen LogP contribution in [-0.2, 0) is 36.1 Å². The van der Waals surface area contributed by atoms with E-state index in [9.17, 15) is 0 Å². The Morgan fingerprint density at radius 1 is 0.474 bits per heavy atom. The SMILES string of the molecule is CCCCCCc1ccc(-c2cccc3c2C=C(c2ccc(C)s2)[CH]3[Zr+2][CH]2C(c3ccc(C)s3)=Cc3c(-c4ccc(CCCCCC)cc4)cccc32)cc1.[Cl-].[Cl-]. The molecule has 8 rings (SSSR count). The maximum atomic E-state index is 2.59. The second-order valence-corrected chi connectivity index (χ2v) is 21.9. The van der Waals surface area contributed by atoms with Gasteiger partial charge in [0.1, 0.15) is 0 Å². The molecule has 0 bridgehead atoms. The molecule has 2 aliphatic carbocycles. The van der Waals surface area contributed by atoms with Crippen LogP contribution in [0.3, 0.4) is 0 Å². The Morgan fingerprint density at radius 2 is 0.895 bits per heavy atom. The van der Waals surface area contributed by atoms with Crippen molar-refractivity contribution in [3.63, 3.8) is 0 Å². The zero-order valence-electron chi connectivity index (χ0n) is 33.8. The normalized spacial score (nSPS) is 15.2. The zero-order valence-corrected chi connectivity index (χ0v) is 39.4. The third-order valence-electron chi connectivity index (χ3n) is 11.7. The van der Waals surface area contributed by atoms with E-state index in [1.807, 2.05) is 22.7 Å². The number of hydrogen-bond acceptors (Lipinski definition) is 2. The summed E-state index contributed by atoms with van der Waals surface area (Å²) in [6.07, 6.45) is 18.0. The fourth-order valence-corrected chi connectivity index (χ4v) is 16.0. The van der Waals surface area contributed by atoms with Crippen LogP contribution >= 0.6 is 22.7 Å². The van der Waals surface area contributed by atoms with Crippen molar-refractivity contribution in [2.24, 2.45) is 0 Å². The van der Waals surface area contributed by atoms with E-state index in [4.69, 9.17) is 0 Å². The minimum absolute atomic E-state index is 0. The van der Waals surface area contributed by atoms with Gasteiger partial charge < -0.3 is 24.8 Å². The molecule has 0 radical (unpaired) electrons. The molecule has 2 aromatic heterocycles. The molecule has 0 N–H and O–H groups in total. The van der Waals surface area contributed by atoms with Gasteiger partial charge in [-0.25, -0.2) is 0 Å². The first-order chi connectivity index (χ1) is 27.0. The zero-order chi connectivity index (χ0) is 37.7.